The fourth-order valence-electron chi connectivity index (χ4n) is 1.85. The maximum Gasteiger partial charge on any atom is 0.326 e. The van der Waals surface area contributed by atoms with Gasteiger partial charge in [-0.3, -0.25) is 4.79 Å². The first-order chi connectivity index (χ1) is 10.8. The number of halogens is 1. The van der Waals surface area contributed by atoms with Crippen molar-refractivity contribution in [2.24, 2.45) is 0 Å². The maximum absolute atomic E-state index is 12.4. The van der Waals surface area contributed by atoms with E-state index in [9.17, 15) is 9.59 Å². The van der Waals surface area contributed by atoms with E-state index in [1.54, 1.807) is 0 Å². The number of carboxylic acids is 1. The van der Waals surface area contributed by atoms with Crippen LogP contribution in [0.25, 0.3) is 0 Å². The van der Waals surface area contributed by atoms with E-state index in [1.807, 2.05) is 6.92 Å². The van der Waals surface area contributed by atoms with Crippen molar-refractivity contribution < 1.29 is 24.2 Å². The van der Waals surface area contributed by atoms with Gasteiger partial charge in [0.1, 0.15) is 6.04 Å². The number of aliphatic carboxylic acids is 1. The van der Waals surface area contributed by atoms with Gasteiger partial charge in [0.25, 0.3) is 5.91 Å². The molecule has 0 radical (unpaired) electrons. The molecule has 0 bridgehead atoms. The van der Waals surface area contributed by atoms with Gasteiger partial charge >= 0.3 is 5.97 Å². The standard InChI is InChI=1S/C16H22ClNO5/c1-5-6-7-23-14-12(17)8-11(9-13(14)22-4)15(19)18(3)10(2)16(20)21/h8-10H,5-7H2,1-4H3,(H,20,21). The van der Waals surface area contributed by atoms with Gasteiger partial charge in [0.05, 0.1) is 18.7 Å². The first-order valence-corrected chi connectivity index (χ1v) is 7.71. The molecule has 23 heavy (non-hydrogen) atoms. The minimum absolute atomic E-state index is 0.241. The monoisotopic (exact) mass is 343 g/mol. The molecule has 0 spiro atoms. The summed E-state index contributed by atoms with van der Waals surface area (Å²) in [5.74, 6) is -0.819. The normalized spacial score (nSPS) is 11.7. The summed E-state index contributed by atoms with van der Waals surface area (Å²) < 4.78 is 10.8. The Bertz CT molecular complexity index is 576. The molecule has 1 atom stereocenters. The Morgan fingerprint density at radius 1 is 1.39 bits per heavy atom. The van der Waals surface area contributed by atoms with Gasteiger partial charge in [-0.15, -0.1) is 0 Å². The Hall–Kier alpha value is -1.95. The number of ether oxygens (including phenoxy) is 2. The van der Waals surface area contributed by atoms with Crippen molar-refractivity contribution in [3.8, 4) is 11.5 Å². The van der Waals surface area contributed by atoms with Crippen LogP contribution in [0.1, 0.15) is 37.0 Å². The van der Waals surface area contributed by atoms with Crippen molar-refractivity contribution in [2.45, 2.75) is 32.7 Å². The second-order valence-electron chi connectivity index (χ2n) is 5.12. The van der Waals surface area contributed by atoms with E-state index >= 15 is 0 Å². The lowest BCUT2D eigenvalue weighted by Crippen LogP contribution is -2.40. The highest BCUT2D eigenvalue weighted by molar-refractivity contribution is 6.32. The average Bonchev–Trinajstić information content (AvgIpc) is 2.53. The fraction of sp³-hybridized carbons (Fsp3) is 0.500. The number of likely N-dealkylation sites (N-methyl/N-ethyl adjacent to an activating group) is 1. The summed E-state index contributed by atoms with van der Waals surface area (Å²) in [4.78, 5) is 24.5. The number of carbonyl (C=O) groups is 2. The third kappa shape index (κ3) is 4.76. The van der Waals surface area contributed by atoms with Crippen LogP contribution in [0.4, 0.5) is 0 Å². The van der Waals surface area contributed by atoms with Crippen LogP contribution in [-0.4, -0.2) is 48.7 Å². The third-order valence-corrected chi connectivity index (χ3v) is 3.76. The van der Waals surface area contributed by atoms with E-state index in [0.717, 1.165) is 17.7 Å². The summed E-state index contributed by atoms with van der Waals surface area (Å²) in [6, 6.07) is 2.01. The first-order valence-electron chi connectivity index (χ1n) is 7.33. The summed E-state index contributed by atoms with van der Waals surface area (Å²) in [6.45, 7) is 3.97. The molecule has 0 aliphatic carbocycles. The molecule has 0 saturated heterocycles. The predicted molar refractivity (Wildman–Crippen MR) is 87.6 cm³/mol. The lowest BCUT2D eigenvalue weighted by Gasteiger charge is -2.22. The smallest absolute Gasteiger partial charge is 0.326 e. The molecule has 7 heteroatoms. The molecule has 0 aliphatic rings. The van der Waals surface area contributed by atoms with E-state index in [0.29, 0.717) is 18.1 Å². The first kappa shape index (κ1) is 19.1. The molecule has 6 nitrogen and oxygen atoms in total. The zero-order chi connectivity index (χ0) is 17.6. The van der Waals surface area contributed by atoms with Gasteiger partial charge in [0.15, 0.2) is 11.5 Å². The molecule has 1 N–H and O–H groups in total. The zero-order valence-corrected chi connectivity index (χ0v) is 14.5. The molecule has 1 rings (SSSR count). The number of unbranched alkanes of at least 4 members (excludes halogenated alkanes) is 1. The van der Waals surface area contributed by atoms with Gasteiger partial charge in [-0.05, 0) is 25.5 Å². The number of carboxylic acid groups (broad SMARTS) is 1. The zero-order valence-electron chi connectivity index (χ0n) is 13.8. The quantitative estimate of drug-likeness (QED) is 0.734. The molecule has 128 valence electrons. The van der Waals surface area contributed by atoms with Crippen LogP contribution in [0, 0.1) is 0 Å². The van der Waals surface area contributed by atoms with Crippen LogP contribution < -0.4 is 9.47 Å². The van der Waals surface area contributed by atoms with Crippen molar-refractivity contribution in [1.29, 1.82) is 0 Å². The Morgan fingerprint density at radius 3 is 2.57 bits per heavy atom. The van der Waals surface area contributed by atoms with Gasteiger partial charge < -0.3 is 19.5 Å². The number of benzene rings is 1. The Balaban J connectivity index is 3.07. The number of hydrogen-bond acceptors (Lipinski definition) is 4. The van der Waals surface area contributed by atoms with Crippen LogP contribution in [0.2, 0.25) is 5.02 Å². The van der Waals surface area contributed by atoms with Crippen LogP contribution in [-0.2, 0) is 4.79 Å². The number of nitrogens with zero attached hydrogens (tertiary/aromatic N) is 1. The van der Waals surface area contributed by atoms with Crippen molar-refractivity contribution in [2.75, 3.05) is 20.8 Å². The Kier molecular flexibility index (Phi) is 7.16. The number of methoxy groups -OCH3 is 1. The van der Waals surface area contributed by atoms with Crippen molar-refractivity contribution in [3.05, 3.63) is 22.7 Å². The molecular weight excluding hydrogens is 322 g/mol. The summed E-state index contributed by atoms with van der Waals surface area (Å²) in [6.07, 6.45) is 1.85. The second-order valence-corrected chi connectivity index (χ2v) is 5.53. The second kappa shape index (κ2) is 8.62. The van der Waals surface area contributed by atoms with Crippen molar-refractivity contribution >= 4 is 23.5 Å². The van der Waals surface area contributed by atoms with Crippen LogP contribution in [0.3, 0.4) is 0 Å². The SMILES string of the molecule is CCCCOc1c(Cl)cc(C(=O)N(C)C(C)C(=O)O)cc1OC. The van der Waals surface area contributed by atoms with E-state index < -0.39 is 17.9 Å². The minimum atomic E-state index is -1.08. The highest BCUT2D eigenvalue weighted by Crippen LogP contribution is 2.37. The van der Waals surface area contributed by atoms with Crippen LogP contribution in [0.5, 0.6) is 11.5 Å². The van der Waals surface area contributed by atoms with Crippen LogP contribution in [0.15, 0.2) is 12.1 Å². The summed E-state index contributed by atoms with van der Waals surface area (Å²) in [7, 11) is 2.88. The van der Waals surface area contributed by atoms with Crippen LogP contribution >= 0.6 is 11.6 Å². The topological polar surface area (TPSA) is 76.1 Å². The van der Waals surface area contributed by atoms with E-state index in [-0.39, 0.29) is 10.6 Å². The minimum Gasteiger partial charge on any atom is -0.493 e. The molecule has 1 aromatic carbocycles. The highest BCUT2D eigenvalue weighted by atomic mass is 35.5. The highest BCUT2D eigenvalue weighted by Gasteiger charge is 2.24. The predicted octanol–water partition coefficient (Wildman–Crippen LogP) is 3.07. The van der Waals surface area contributed by atoms with E-state index in [4.69, 9.17) is 26.2 Å². The van der Waals surface area contributed by atoms with Crippen molar-refractivity contribution in [3.63, 3.8) is 0 Å². The van der Waals surface area contributed by atoms with E-state index in [1.165, 1.54) is 33.2 Å². The fourth-order valence-corrected chi connectivity index (χ4v) is 2.11. The molecule has 1 unspecified atom stereocenters. The maximum atomic E-state index is 12.4. The van der Waals surface area contributed by atoms with Gasteiger partial charge in [0, 0.05) is 12.6 Å². The Labute approximate surface area is 140 Å². The summed E-state index contributed by atoms with van der Waals surface area (Å²) in [5, 5.41) is 9.25. The van der Waals surface area contributed by atoms with Crippen molar-refractivity contribution in [1.82, 2.24) is 4.90 Å². The lowest BCUT2D eigenvalue weighted by molar-refractivity contribution is -0.141. The number of hydrogen-bond donors (Lipinski definition) is 1. The number of carbonyl (C=O) groups excluding carboxylic acids is 1. The van der Waals surface area contributed by atoms with Gasteiger partial charge in [-0.2, -0.15) is 0 Å². The Morgan fingerprint density at radius 2 is 2.04 bits per heavy atom. The average molecular weight is 344 g/mol. The molecule has 0 saturated carbocycles. The number of rotatable bonds is 8. The molecule has 1 aromatic rings. The molecular formula is C16H22ClNO5. The lowest BCUT2D eigenvalue weighted by atomic mass is 10.1. The molecule has 0 aliphatic heterocycles. The molecule has 0 heterocycles. The summed E-state index contributed by atoms with van der Waals surface area (Å²) in [5.41, 5.74) is 0.241. The molecule has 0 aromatic heterocycles. The van der Waals surface area contributed by atoms with E-state index in [2.05, 4.69) is 0 Å². The molecule has 1 amide bonds. The van der Waals surface area contributed by atoms with Gasteiger partial charge in [-0.1, -0.05) is 24.9 Å². The third-order valence-electron chi connectivity index (χ3n) is 3.48. The van der Waals surface area contributed by atoms with Gasteiger partial charge in [0.2, 0.25) is 0 Å². The summed E-state index contributed by atoms with van der Waals surface area (Å²) >= 11 is 6.19. The molecule has 0 fully saturated rings. The number of amides is 1. The largest absolute Gasteiger partial charge is 0.493 e. The van der Waals surface area contributed by atoms with Gasteiger partial charge in [-0.25, -0.2) is 4.79 Å².